The zero-order chi connectivity index (χ0) is 15.1. The first-order valence-electron chi connectivity index (χ1n) is 6.85. The van der Waals surface area contributed by atoms with Crippen LogP contribution in [0.1, 0.15) is 5.56 Å². The molecule has 108 valence electrons. The minimum absolute atomic E-state index is 0.682. The van der Waals surface area contributed by atoms with E-state index >= 15 is 0 Å². The number of nitrogens with zero attached hydrogens (tertiary/aromatic N) is 4. The fourth-order valence-electron chi connectivity index (χ4n) is 2.53. The number of hydrogen-bond donors (Lipinski definition) is 1. The minimum atomic E-state index is 0.682. The topological polar surface area (TPSA) is 59.4 Å². The smallest absolute Gasteiger partial charge is 0.189 e. The van der Waals surface area contributed by atoms with Gasteiger partial charge in [-0.1, -0.05) is 23.2 Å². The molecule has 0 amide bonds. The van der Waals surface area contributed by atoms with Gasteiger partial charge in [0.05, 0.1) is 5.69 Å². The molecule has 22 heavy (non-hydrogen) atoms. The van der Waals surface area contributed by atoms with Gasteiger partial charge in [0.1, 0.15) is 0 Å². The van der Waals surface area contributed by atoms with Crippen LogP contribution in [0.2, 0.25) is 5.02 Å². The Bertz CT molecular complexity index is 952. The predicted molar refractivity (Wildman–Crippen MR) is 86.2 cm³/mol. The molecular weight excluding hydrogens is 298 g/mol. The van der Waals surface area contributed by atoms with Crippen molar-refractivity contribution in [2.24, 2.45) is 0 Å². The number of H-pyrrole nitrogens is 1. The van der Waals surface area contributed by atoms with Gasteiger partial charge in [-0.25, -0.2) is 0 Å². The molecule has 6 heteroatoms. The van der Waals surface area contributed by atoms with Gasteiger partial charge in [0.15, 0.2) is 5.82 Å². The first-order valence-corrected chi connectivity index (χ1v) is 7.22. The molecule has 0 aliphatic rings. The van der Waals surface area contributed by atoms with Gasteiger partial charge >= 0.3 is 0 Å². The number of aromatic nitrogens is 5. The Labute approximate surface area is 131 Å². The van der Waals surface area contributed by atoms with E-state index in [-0.39, 0.29) is 0 Å². The molecule has 4 aromatic rings. The Hall–Kier alpha value is -2.66. The lowest BCUT2D eigenvalue weighted by molar-refractivity contribution is 0.791. The third-order valence-electron chi connectivity index (χ3n) is 3.62. The van der Waals surface area contributed by atoms with E-state index in [0.29, 0.717) is 10.8 Å². The summed E-state index contributed by atoms with van der Waals surface area (Å²) in [6, 6.07) is 13.7. The van der Waals surface area contributed by atoms with E-state index in [1.807, 2.05) is 30.5 Å². The van der Waals surface area contributed by atoms with Crippen molar-refractivity contribution in [2.75, 3.05) is 0 Å². The highest BCUT2D eigenvalue weighted by molar-refractivity contribution is 6.30. The number of rotatable bonds is 2. The van der Waals surface area contributed by atoms with Crippen molar-refractivity contribution in [3.05, 3.63) is 59.2 Å². The fourth-order valence-corrected chi connectivity index (χ4v) is 2.66. The van der Waals surface area contributed by atoms with Crippen LogP contribution >= 0.6 is 11.6 Å². The number of nitrogens with one attached hydrogen (secondary N) is 1. The van der Waals surface area contributed by atoms with Gasteiger partial charge < -0.3 is 4.98 Å². The highest BCUT2D eigenvalue weighted by atomic mass is 35.5. The molecule has 2 aromatic carbocycles. The maximum atomic E-state index is 5.94. The molecule has 0 saturated carbocycles. The molecule has 2 aromatic heterocycles. The average Bonchev–Trinajstić information content (AvgIpc) is 3.13. The quantitative estimate of drug-likeness (QED) is 0.613. The van der Waals surface area contributed by atoms with E-state index in [1.54, 1.807) is 4.68 Å². The molecule has 1 N–H and O–H groups in total. The fraction of sp³-hybridized carbons (Fsp3) is 0.0625. The van der Waals surface area contributed by atoms with Crippen LogP contribution in [0.3, 0.4) is 0 Å². The van der Waals surface area contributed by atoms with Crippen molar-refractivity contribution in [2.45, 2.75) is 6.92 Å². The number of tetrazole rings is 1. The number of benzene rings is 2. The number of aryl methyl sites for hydroxylation is 1. The molecule has 0 spiro atoms. The SMILES string of the molecule is Cc1ccc2[nH]cc(-c3nnnn3-c3ccc(Cl)cc3)c2c1. The first kappa shape index (κ1) is 13.0. The van der Waals surface area contributed by atoms with Gasteiger partial charge in [-0.15, -0.1) is 5.10 Å². The molecule has 0 aliphatic heterocycles. The Morgan fingerprint density at radius 1 is 1.09 bits per heavy atom. The standard InChI is InChI=1S/C16H12ClN5/c1-10-2-7-15-13(8-10)14(9-18-15)16-19-20-21-22(16)12-5-3-11(17)4-6-12/h2-9,18H,1H3. The summed E-state index contributed by atoms with van der Waals surface area (Å²) in [4.78, 5) is 3.26. The zero-order valence-electron chi connectivity index (χ0n) is 11.8. The van der Waals surface area contributed by atoms with Crippen molar-refractivity contribution in [3.63, 3.8) is 0 Å². The Morgan fingerprint density at radius 3 is 2.73 bits per heavy atom. The van der Waals surface area contributed by atoms with Gasteiger partial charge in [0, 0.05) is 27.7 Å². The van der Waals surface area contributed by atoms with Crippen molar-refractivity contribution < 1.29 is 0 Å². The summed E-state index contributed by atoms with van der Waals surface area (Å²) in [5, 5.41) is 13.9. The second-order valence-electron chi connectivity index (χ2n) is 5.14. The van der Waals surface area contributed by atoms with Gasteiger partial charge in [0.2, 0.25) is 0 Å². The van der Waals surface area contributed by atoms with Gasteiger partial charge in [-0.2, -0.15) is 4.68 Å². The van der Waals surface area contributed by atoms with Crippen LogP contribution in [-0.2, 0) is 0 Å². The van der Waals surface area contributed by atoms with Crippen molar-refractivity contribution in [3.8, 4) is 17.1 Å². The summed E-state index contributed by atoms with van der Waals surface area (Å²) in [5.41, 5.74) is 4.09. The Morgan fingerprint density at radius 2 is 1.91 bits per heavy atom. The van der Waals surface area contributed by atoms with E-state index in [9.17, 15) is 0 Å². The van der Waals surface area contributed by atoms with Crippen LogP contribution in [0.4, 0.5) is 0 Å². The lowest BCUT2D eigenvalue weighted by Gasteiger charge is -2.04. The summed E-state index contributed by atoms with van der Waals surface area (Å²) >= 11 is 5.94. The normalized spacial score (nSPS) is 11.2. The maximum Gasteiger partial charge on any atom is 0.189 e. The molecule has 2 heterocycles. The lowest BCUT2D eigenvalue weighted by Crippen LogP contribution is -1.99. The molecule has 0 bridgehead atoms. The molecular formula is C16H12ClN5. The molecule has 5 nitrogen and oxygen atoms in total. The largest absolute Gasteiger partial charge is 0.360 e. The molecule has 4 rings (SSSR count). The molecule has 0 aliphatic carbocycles. The highest BCUT2D eigenvalue weighted by Crippen LogP contribution is 2.29. The molecule has 0 radical (unpaired) electrons. The van der Waals surface area contributed by atoms with Gasteiger partial charge in [-0.3, -0.25) is 0 Å². The van der Waals surface area contributed by atoms with Crippen LogP contribution < -0.4 is 0 Å². The maximum absolute atomic E-state index is 5.94. The molecule has 0 saturated heterocycles. The monoisotopic (exact) mass is 309 g/mol. The average molecular weight is 310 g/mol. The number of aromatic amines is 1. The van der Waals surface area contributed by atoms with Crippen LogP contribution in [0.5, 0.6) is 0 Å². The van der Waals surface area contributed by atoms with Crippen LogP contribution in [0.25, 0.3) is 28.0 Å². The highest BCUT2D eigenvalue weighted by Gasteiger charge is 2.15. The molecule has 0 unspecified atom stereocenters. The number of halogens is 1. The lowest BCUT2D eigenvalue weighted by atomic mass is 10.1. The van der Waals surface area contributed by atoms with E-state index < -0.39 is 0 Å². The predicted octanol–water partition coefficient (Wildman–Crippen LogP) is 3.77. The molecule has 0 fully saturated rings. The Balaban J connectivity index is 1.91. The van der Waals surface area contributed by atoms with Crippen LogP contribution in [0.15, 0.2) is 48.7 Å². The second kappa shape index (κ2) is 4.96. The summed E-state index contributed by atoms with van der Waals surface area (Å²) in [6.45, 7) is 2.07. The summed E-state index contributed by atoms with van der Waals surface area (Å²) < 4.78 is 1.71. The Kier molecular flexibility index (Phi) is 2.94. The van der Waals surface area contributed by atoms with Gasteiger partial charge in [0.25, 0.3) is 0 Å². The van der Waals surface area contributed by atoms with Crippen LogP contribution in [-0.4, -0.2) is 25.2 Å². The number of hydrogen-bond acceptors (Lipinski definition) is 3. The summed E-state index contributed by atoms with van der Waals surface area (Å²) in [7, 11) is 0. The van der Waals surface area contributed by atoms with Crippen molar-refractivity contribution in [1.82, 2.24) is 25.2 Å². The summed E-state index contributed by atoms with van der Waals surface area (Å²) in [6.07, 6.45) is 1.93. The number of fused-ring (bicyclic) bond motifs is 1. The van der Waals surface area contributed by atoms with Crippen molar-refractivity contribution in [1.29, 1.82) is 0 Å². The van der Waals surface area contributed by atoms with E-state index in [1.165, 1.54) is 5.56 Å². The summed E-state index contributed by atoms with van der Waals surface area (Å²) in [5.74, 6) is 0.694. The van der Waals surface area contributed by atoms with E-state index in [0.717, 1.165) is 22.2 Å². The third-order valence-corrected chi connectivity index (χ3v) is 3.87. The minimum Gasteiger partial charge on any atom is -0.360 e. The van der Waals surface area contributed by atoms with Crippen LogP contribution in [0, 0.1) is 6.92 Å². The van der Waals surface area contributed by atoms with E-state index in [4.69, 9.17) is 11.6 Å². The second-order valence-corrected chi connectivity index (χ2v) is 5.58. The van der Waals surface area contributed by atoms with Gasteiger partial charge in [-0.05, 0) is 53.7 Å². The third kappa shape index (κ3) is 2.07. The first-order chi connectivity index (χ1) is 10.7. The molecule has 0 atom stereocenters. The van der Waals surface area contributed by atoms with E-state index in [2.05, 4.69) is 45.6 Å². The zero-order valence-corrected chi connectivity index (χ0v) is 12.5. The van der Waals surface area contributed by atoms with Crippen molar-refractivity contribution >= 4 is 22.5 Å².